The lowest BCUT2D eigenvalue weighted by atomic mass is 10.0. The average Bonchev–Trinajstić information content (AvgIpc) is 2.96. The number of sulfonamides is 1. The van der Waals surface area contributed by atoms with E-state index in [0.29, 0.717) is 47.2 Å². The van der Waals surface area contributed by atoms with Crippen molar-refractivity contribution in [2.75, 3.05) is 23.3 Å². The van der Waals surface area contributed by atoms with Crippen LogP contribution >= 0.6 is 0 Å². The van der Waals surface area contributed by atoms with Gasteiger partial charge in [0.05, 0.1) is 10.6 Å². The third kappa shape index (κ3) is 3.12. The molecule has 4 rings (SSSR count). The van der Waals surface area contributed by atoms with Crippen LogP contribution in [0, 0.1) is 0 Å². The smallest absolute Gasteiger partial charge is 0.261 e. The molecule has 2 N–H and O–H groups in total. The lowest BCUT2D eigenvalue weighted by Crippen LogP contribution is -2.16. The van der Waals surface area contributed by atoms with E-state index >= 15 is 0 Å². The molecule has 7 nitrogen and oxygen atoms in total. The van der Waals surface area contributed by atoms with Gasteiger partial charge < -0.3 is 14.8 Å². The maximum absolute atomic E-state index is 12.8. The monoisotopic (exact) mass is 386 g/mol. The number of hydrogen-bond donors (Lipinski definition) is 2. The first-order chi connectivity index (χ1) is 12.8. The largest absolute Gasteiger partial charge is 0.486 e. The predicted octanol–water partition coefficient (Wildman–Crippen LogP) is 3.00. The fourth-order valence-corrected chi connectivity index (χ4v) is 4.21. The van der Waals surface area contributed by atoms with E-state index in [1.807, 2.05) is 13.8 Å². The summed E-state index contributed by atoms with van der Waals surface area (Å²) in [6.45, 7) is 4.52. The Morgan fingerprint density at radius 2 is 1.78 bits per heavy atom. The van der Waals surface area contributed by atoms with Gasteiger partial charge in [0.15, 0.2) is 11.5 Å². The standard InChI is InChI=1S/C19H18N2O5S/c1-11(2)18-14-10-13(4-5-15(14)20-19(18)22)27(23,24)21-12-3-6-16-17(9-12)26-8-7-25-16/h3-6,9-10,21H,7-8H2,1-2H3,(H,20,22). The molecule has 0 radical (unpaired) electrons. The SMILES string of the molecule is CC(C)=C1C(=O)Nc2ccc(S(=O)(=O)Nc3ccc4c(c3)OCCO4)cc21. The molecule has 8 heteroatoms. The van der Waals surface area contributed by atoms with Crippen LogP contribution in [0.1, 0.15) is 19.4 Å². The van der Waals surface area contributed by atoms with Crippen molar-refractivity contribution in [3.63, 3.8) is 0 Å². The Morgan fingerprint density at radius 3 is 2.52 bits per heavy atom. The molecule has 0 aliphatic carbocycles. The van der Waals surface area contributed by atoms with Crippen LogP contribution in [-0.2, 0) is 14.8 Å². The Hall–Kier alpha value is -3.00. The minimum Gasteiger partial charge on any atom is -0.486 e. The minimum atomic E-state index is -3.84. The number of anilines is 2. The zero-order valence-corrected chi connectivity index (χ0v) is 15.6. The number of hydrogen-bond acceptors (Lipinski definition) is 5. The Kier molecular flexibility index (Phi) is 4.07. The second-order valence-electron chi connectivity index (χ2n) is 6.50. The summed E-state index contributed by atoms with van der Waals surface area (Å²) in [5, 5.41) is 2.75. The maximum Gasteiger partial charge on any atom is 0.261 e. The summed E-state index contributed by atoms with van der Waals surface area (Å²) in [4.78, 5) is 12.2. The first-order valence-electron chi connectivity index (χ1n) is 8.41. The summed E-state index contributed by atoms with van der Waals surface area (Å²) in [7, 11) is -3.84. The highest BCUT2D eigenvalue weighted by molar-refractivity contribution is 7.92. The van der Waals surface area contributed by atoms with Crippen LogP contribution in [-0.4, -0.2) is 27.5 Å². The van der Waals surface area contributed by atoms with Crippen molar-refractivity contribution in [3.8, 4) is 11.5 Å². The Bertz CT molecular complexity index is 1090. The third-order valence-electron chi connectivity index (χ3n) is 4.34. The van der Waals surface area contributed by atoms with Crippen LogP contribution in [0.3, 0.4) is 0 Å². The molecule has 0 saturated heterocycles. The number of carbonyl (C=O) groups excluding carboxylic acids is 1. The van der Waals surface area contributed by atoms with Gasteiger partial charge in [0.25, 0.3) is 15.9 Å². The van der Waals surface area contributed by atoms with E-state index in [4.69, 9.17) is 9.47 Å². The summed E-state index contributed by atoms with van der Waals surface area (Å²) in [5.74, 6) is 0.857. The molecule has 2 aliphatic rings. The van der Waals surface area contributed by atoms with Gasteiger partial charge in [0.1, 0.15) is 13.2 Å². The van der Waals surface area contributed by atoms with Crippen LogP contribution in [0.2, 0.25) is 0 Å². The number of amides is 1. The topological polar surface area (TPSA) is 93.7 Å². The Balaban J connectivity index is 1.68. The van der Waals surface area contributed by atoms with E-state index in [9.17, 15) is 13.2 Å². The number of benzene rings is 2. The summed E-state index contributed by atoms with van der Waals surface area (Å²) in [5.41, 5.74) is 2.89. The molecule has 0 unspecified atom stereocenters. The second kappa shape index (κ2) is 6.31. The van der Waals surface area contributed by atoms with E-state index in [1.165, 1.54) is 12.1 Å². The highest BCUT2D eigenvalue weighted by atomic mass is 32.2. The Morgan fingerprint density at radius 1 is 1.04 bits per heavy atom. The highest BCUT2D eigenvalue weighted by Gasteiger charge is 2.27. The van der Waals surface area contributed by atoms with Gasteiger partial charge in [-0.3, -0.25) is 9.52 Å². The van der Waals surface area contributed by atoms with Crippen molar-refractivity contribution in [1.82, 2.24) is 0 Å². The molecule has 0 spiro atoms. The zero-order chi connectivity index (χ0) is 19.2. The number of ether oxygens (including phenoxy) is 2. The van der Waals surface area contributed by atoms with E-state index < -0.39 is 10.0 Å². The molecular weight excluding hydrogens is 368 g/mol. The quantitative estimate of drug-likeness (QED) is 0.791. The first kappa shape index (κ1) is 17.4. The van der Waals surface area contributed by atoms with E-state index in [-0.39, 0.29) is 10.8 Å². The van der Waals surface area contributed by atoms with Gasteiger partial charge in [-0.25, -0.2) is 8.42 Å². The van der Waals surface area contributed by atoms with Crippen LogP contribution in [0.25, 0.3) is 5.57 Å². The molecule has 2 aromatic rings. The summed E-state index contributed by atoms with van der Waals surface area (Å²) >= 11 is 0. The average molecular weight is 386 g/mol. The van der Waals surface area contributed by atoms with Gasteiger partial charge in [-0.15, -0.1) is 0 Å². The van der Waals surface area contributed by atoms with Crippen LogP contribution in [0.5, 0.6) is 11.5 Å². The van der Waals surface area contributed by atoms with Crippen molar-refractivity contribution in [2.45, 2.75) is 18.7 Å². The number of rotatable bonds is 3. The first-order valence-corrected chi connectivity index (χ1v) is 9.89. The highest BCUT2D eigenvalue weighted by Crippen LogP contribution is 2.36. The lowest BCUT2D eigenvalue weighted by molar-refractivity contribution is -0.110. The summed E-state index contributed by atoms with van der Waals surface area (Å²) in [6, 6.07) is 9.45. The van der Waals surface area contributed by atoms with Crippen LogP contribution in [0.4, 0.5) is 11.4 Å². The molecule has 0 atom stereocenters. The van der Waals surface area contributed by atoms with Crippen molar-refractivity contribution < 1.29 is 22.7 Å². The fourth-order valence-electron chi connectivity index (χ4n) is 3.13. The van der Waals surface area contributed by atoms with Crippen molar-refractivity contribution >= 4 is 32.9 Å². The molecule has 2 heterocycles. The molecule has 1 amide bonds. The zero-order valence-electron chi connectivity index (χ0n) is 14.8. The number of nitrogens with one attached hydrogen (secondary N) is 2. The molecule has 140 valence electrons. The van der Waals surface area contributed by atoms with Crippen molar-refractivity contribution in [1.29, 1.82) is 0 Å². The fraction of sp³-hybridized carbons (Fsp3) is 0.211. The molecule has 27 heavy (non-hydrogen) atoms. The molecule has 2 aliphatic heterocycles. The van der Waals surface area contributed by atoms with E-state index in [2.05, 4.69) is 10.0 Å². The van der Waals surface area contributed by atoms with Gasteiger partial charge >= 0.3 is 0 Å². The minimum absolute atomic E-state index is 0.0754. The summed E-state index contributed by atoms with van der Waals surface area (Å²) < 4.78 is 39.1. The van der Waals surface area contributed by atoms with E-state index in [0.717, 1.165) is 5.57 Å². The van der Waals surface area contributed by atoms with Gasteiger partial charge in [-0.2, -0.15) is 0 Å². The van der Waals surface area contributed by atoms with E-state index in [1.54, 1.807) is 24.3 Å². The van der Waals surface area contributed by atoms with Crippen LogP contribution in [0.15, 0.2) is 46.9 Å². The van der Waals surface area contributed by atoms with Crippen molar-refractivity contribution in [2.24, 2.45) is 0 Å². The van der Waals surface area contributed by atoms with Gasteiger partial charge in [-0.1, -0.05) is 5.57 Å². The molecule has 0 bridgehead atoms. The van der Waals surface area contributed by atoms with Crippen LogP contribution < -0.4 is 19.5 Å². The number of fused-ring (bicyclic) bond motifs is 2. The third-order valence-corrected chi connectivity index (χ3v) is 5.72. The van der Waals surface area contributed by atoms with Gasteiger partial charge in [-0.05, 0) is 44.2 Å². The number of allylic oxidation sites excluding steroid dienone is 1. The summed E-state index contributed by atoms with van der Waals surface area (Å²) in [6.07, 6.45) is 0. The molecule has 2 aromatic carbocycles. The Labute approximate surface area is 157 Å². The predicted molar refractivity (Wildman–Crippen MR) is 102 cm³/mol. The van der Waals surface area contributed by atoms with Gasteiger partial charge in [0.2, 0.25) is 0 Å². The molecule has 0 aromatic heterocycles. The molecule has 0 saturated carbocycles. The molecule has 0 fully saturated rings. The normalized spacial score (nSPS) is 15.2. The maximum atomic E-state index is 12.8. The van der Waals surface area contributed by atoms with Gasteiger partial charge in [0, 0.05) is 22.9 Å². The second-order valence-corrected chi connectivity index (χ2v) is 8.18. The van der Waals surface area contributed by atoms with Crippen molar-refractivity contribution in [3.05, 3.63) is 47.5 Å². The lowest BCUT2D eigenvalue weighted by Gasteiger charge is -2.19. The molecular formula is C19H18N2O5S. The number of carbonyl (C=O) groups is 1.